The number of carbonyl (C=O) groups is 1. The number of fused-ring (bicyclic) bond motifs is 1. The van der Waals surface area contributed by atoms with Gasteiger partial charge in [0.05, 0.1) is 5.69 Å². The molecule has 1 amide bonds. The number of nitrogens with one attached hydrogen (secondary N) is 1. The number of aromatic nitrogens is 1. The molecular weight excluding hydrogens is 358 g/mol. The van der Waals surface area contributed by atoms with Gasteiger partial charge in [-0.1, -0.05) is 0 Å². The molecule has 2 aromatic rings. The topological polar surface area (TPSA) is 72.8 Å². The van der Waals surface area contributed by atoms with Crippen molar-refractivity contribution in [2.75, 3.05) is 33.5 Å². The highest BCUT2D eigenvalue weighted by atomic mass is 16.7. The van der Waals surface area contributed by atoms with Gasteiger partial charge in [0, 0.05) is 18.8 Å². The molecule has 148 valence electrons. The maximum Gasteiger partial charge on any atom is 0.268 e. The van der Waals surface area contributed by atoms with Crippen molar-refractivity contribution < 1.29 is 14.3 Å². The van der Waals surface area contributed by atoms with Gasteiger partial charge in [-0.25, -0.2) is 0 Å². The van der Waals surface area contributed by atoms with Crippen molar-refractivity contribution in [1.82, 2.24) is 14.8 Å². The van der Waals surface area contributed by atoms with Crippen molar-refractivity contribution >= 4 is 5.91 Å². The van der Waals surface area contributed by atoms with E-state index in [9.17, 15) is 9.59 Å². The molecule has 0 aliphatic carbocycles. The number of aryl methyl sites for hydroxylation is 1. The first-order chi connectivity index (χ1) is 13.5. The standard InChI is InChI=1S/C21H25N3O4/c1-14-5-10-24(16-3-4-17-18(11-16)28-13-27-17)21(26)19(14)20(25)22-12-15-6-8-23(2)9-7-15/h3-5,10-11,15H,6-9,12-13H2,1-2H3,(H,22,25). The monoisotopic (exact) mass is 383 g/mol. The largest absolute Gasteiger partial charge is 0.454 e. The third kappa shape index (κ3) is 3.62. The number of rotatable bonds is 4. The first-order valence-electron chi connectivity index (χ1n) is 9.62. The summed E-state index contributed by atoms with van der Waals surface area (Å²) in [7, 11) is 2.11. The third-order valence-corrected chi connectivity index (χ3v) is 5.55. The maximum absolute atomic E-state index is 13.0. The SMILES string of the molecule is Cc1ccn(-c2ccc3c(c2)OCO3)c(=O)c1C(=O)NCC1CCN(C)CC1. The average molecular weight is 383 g/mol. The fourth-order valence-corrected chi connectivity index (χ4v) is 3.73. The molecule has 0 spiro atoms. The third-order valence-electron chi connectivity index (χ3n) is 5.55. The van der Waals surface area contributed by atoms with E-state index in [4.69, 9.17) is 9.47 Å². The van der Waals surface area contributed by atoms with Crippen molar-refractivity contribution in [2.24, 2.45) is 5.92 Å². The van der Waals surface area contributed by atoms with Crippen LogP contribution in [0, 0.1) is 12.8 Å². The Labute approximate surface area is 163 Å². The Hall–Kier alpha value is -2.80. The summed E-state index contributed by atoms with van der Waals surface area (Å²) >= 11 is 0. The highest BCUT2D eigenvalue weighted by molar-refractivity contribution is 5.95. The molecule has 28 heavy (non-hydrogen) atoms. The molecule has 3 heterocycles. The Morgan fingerprint density at radius 3 is 2.71 bits per heavy atom. The highest BCUT2D eigenvalue weighted by Crippen LogP contribution is 2.33. The van der Waals surface area contributed by atoms with Crippen LogP contribution >= 0.6 is 0 Å². The molecule has 2 aliphatic heterocycles. The molecule has 4 rings (SSSR count). The van der Waals surface area contributed by atoms with E-state index in [-0.39, 0.29) is 23.8 Å². The molecule has 1 fully saturated rings. The number of ether oxygens (including phenoxy) is 2. The van der Waals surface area contributed by atoms with Gasteiger partial charge in [-0.3, -0.25) is 14.2 Å². The van der Waals surface area contributed by atoms with E-state index < -0.39 is 0 Å². The second kappa shape index (κ2) is 7.67. The van der Waals surface area contributed by atoms with E-state index in [1.807, 2.05) is 0 Å². The number of pyridine rings is 1. The summed E-state index contributed by atoms with van der Waals surface area (Å²) in [6.45, 7) is 4.65. The molecule has 0 unspecified atom stereocenters. The van der Waals surface area contributed by atoms with Crippen LogP contribution < -0.4 is 20.3 Å². The van der Waals surface area contributed by atoms with Crippen LogP contribution in [0.1, 0.15) is 28.8 Å². The Morgan fingerprint density at radius 1 is 1.18 bits per heavy atom. The molecule has 1 saturated heterocycles. The summed E-state index contributed by atoms with van der Waals surface area (Å²) < 4.78 is 12.2. The van der Waals surface area contributed by atoms with E-state index in [0.717, 1.165) is 25.9 Å². The van der Waals surface area contributed by atoms with E-state index >= 15 is 0 Å². The first-order valence-corrected chi connectivity index (χ1v) is 9.62. The lowest BCUT2D eigenvalue weighted by Gasteiger charge is -2.28. The van der Waals surface area contributed by atoms with Gasteiger partial charge < -0.3 is 19.7 Å². The van der Waals surface area contributed by atoms with E-state index in [1.165, 1.54) is 4.57 Å². The number of carbonyl (C=O) groups excluding carboxylic acids is 1. The molecule has 7 nitrogen and oxygen atoms in total. The summed E-state index contributed by atoms with van der Waals surface area (Å²) in [4.78, 5) is 28.1. The van der Waals surface area contributed by atoms with Gasteiger partial charge in [-0.05, 0) is 69.6 Å². The fraction of sp³-hybridized carbons (Fsp3) is 0.429. The van der Waals surface area contributed by atoms with Crippen molar-refractivity contribution in [3.8, 4) is 17.2 Å². The summed E-state index contributed by atoms with van der Waals surface area (Å²) in [5.74, 6) is 1.40. The van der Waals surface area contributed by atoms with Crippen LogP contribution in [0.5, 0.6) is 11.5 Å². The maximum atomic E-state index is 13.0. The van der Waals surface area contributed by atoms with Crippen molar-refractivity contribution in [3.63, 3.8) is 0 Å². The molecule has 0 atom stereocenters. The number of piperidine rings is 1. The molecule has 7 heteroatoms. The summed E-state index contributed by atoms with van der Waals surface area (Å²) in [6, 6.07) is 7.09. The van der Waals surface area contributed by atoms with Crippen molar-refractivity contribution in [1.29, 1.82) is 0 Å². The average Bonchev–Trinajstić information content (AvgIpc) is 3.15. The van der Waals surface area contributed by atoms with Gasteiger partial charge in [-0.15, -0.1) is 0 Å². The summed E-state index contributed by atoms with van der Waals surface area (Å²) in [5, 5.41) is 2.97. The molecule has 0 saturated carbocycles. The molecule has 1 aromatic heterocycles. The predicted octanol–water partition coefficient (Wildman–Crippen LogP) is 1.95. The Bertz CT molecular complexity index is 945. The van der Waals surface area contributed by atoms with Crippen LogP contribution in [0.3, 0.4) is 0 Å². The number of likely N-dealkylation sites (tertiary alicyclic amines) is 1. The van der Waals surface area contributed by atoms with Crippen molar-refractivity contribution in [2.45, 2.75) is 19.8 Å². The van der Waals surface area contributed by atoms with Gasteiger partial charge >= 0.3 is 0 Å². The van der Waals surface area contributed by atoms with Gasteiger partial charge in [0.1, 0.15) is 5.56 Å². The van der Waals surface area contributed by atoms with E-state index in [2.05, 4.69) is 17.3 Å². The van der Waals surface area contributed by atoms with E-state index in [1.54, 1.807) is 37.4 Å². The van der Waals surface area contributed by atoms with Gasteiger partial charge in [0.15, 0.2) is 11.5 Å². The minimum atomic E-state index is -0.334. The Balaban J connectivity index is 1.55. The zero-order valence-corrected chi connectivity index (χ0v) is 16.2. The highest BCUT2D eigenvalue weighted by Gasteiger charge is 2.21. The van der Waals surface area contributed by atoms with Crippen LogP contribution in [0.15, 0.2) is 35.3 Å². The minimum Gasteiger partial charge on any atom is -0.454 e. The number of hydrogen-bond donors (Lipinski definition) is 1. The second-order valence-corrected chi connectivity index (χ2v) is 7.54. The lowest BCUT2D eigenvalue weighted by Crippen LogP contribution is -2.39. The molecule has 0 radical (unpaired) electrons. The van der Waals surface area contributed by atoms with Crippen LogP contribution in [0.25, 0.3) is 5.69 Å². The van der Waals surface area contributed by atoms with Crippen LogP contribution in [0.4, 0.5) is 0 Å². The Morgan fingerprint density at radius 2 is 1.93 bits per heavy atom. The van der Waals surface area contributed by atoms with Crippen LogP contribution in [-0.2, 0) is 0 Å². The minimum absolute atomic E-state index is 0.173. The lowest BCUT2D eigenvalue weighted by molar-refractivity contribution is 0.0936. The first kappa shape index (κ1) is 18.6. The van der Waals surface area contributed by atoms with Gasteiger partial charge in [0.2, 0.25) is 6.79 Å². The zero-order chi connectivity index (χ0) is 19.7. The van der Waals surface area contributed by atoms with Crippen LogP contribution in [-0.4, -0.2) is 48.8 Å². The molecule has 2 aliphatic rings. The van der Waals surface area contributed by atoms with Gasteiger partial charge in [-0.2, -0.15) is 0 Å². The summed E-state index contributed by atoms with van der Waals surface area (Å²) in [6.07, 6.45) is 3.81. The molecule has 0 bridgehead atoms. The van der Waals surface area contributed by atoms with Crippen LogP contribution in [0.2, 0.25) is 0 Å². The smallest absolute Gasteiger partial charge is 0.268 e. The zero-order valence-electron chi connectivity index (χ0n) is 16.2. The predicted molar refractivity (Wildman–Crippen MR) is 105 cm³/mol. The number of hydrogen-bond acceptors (Lipinski definition) is 5. The Kier molecular flexibility index (Phi) is 5.09. The summed E-state index contributed by atoms with van der Waals surface area (Å²) in [5.41, 5.74) is 1.16. The second-order valence-electron chi connectivity index (χ2n) is 7.54. The lowest BCUT2D eigenvalue weighted by atomic mass is 9.97. The molecule has 1 N–H and O–H groups in total. The van der Waals surface area contributed by atoms with Crippen molar-refractivity contribution in [3.05, 3.63) is 51.9 Å². The quantitative estimate of drug-likeness (QED) is 0.874. The normalized spacial score (nSPS) is 16.9. The van der Waals surface area contributed by atoms with Gasteiger partial charge in [0.25, 0.3) is 11.5 Å². The number of nitrogens with zero attached hydrogens (tertiary/aromatic N) is 2. The molecular formula is C21H25N3O4. The fourth-order valence-electron chi connectivity index (χ4n) is 3.73. The number of amides is 1. The number of benzene rings is 1. The molecule has 1 aromatic carbocycles. The van der Waals surface area contributed by atoms with E-state index in [0.29, 0.717) is 35.2 Å².